The molecule has 2 aromatic carbocycles. The third kappa shape index (κ3) is 3.91. The summed E-state index contributed by atoms with van der Waals surface area (Å²) in [5.41, 5.74) is 4.47. The minimum atomic E-state index is -0.388. The van der Waals surface area contributed by atoms with E-state index in [1.807, 2.05) is 48.1 Å². The molecular weight excluding hydrogens is 408 g/mol. The number of hydrogen-bond donors (Lipinski definition) is 2. The van der Waals surface area contributed by atoms with Crippen LogP contribution < -0.4 is 10.6 Å². The molecule has 2 aromatic heterocycles. The van der Waals surface area contributed by atoms with Crippen molar-refractivity contribution in [3.63, 3.8) is 0 Å². The molecule has 5 rings (SSSR count). The van der Waals surface area contributed by atoms with Crippen LogP contribution in [-0.4, -0.2) is 39.2 Å². The predicted molar refractivity (Wildman–Crippen MR) is 122 cm³/mol. The largest absolute Gasteiger partial charge is 0.371 e. The summed E-state index contributed by atoms with van der Waals surface area (Å²) in [6, 6.07) is 14.7. The molecule has 1 atom stereocenters. The summed E-state index contributed by atoms with van der Waals surface area (Å²) in [6.45, 7) is 2.41. The van der Waals surface area contributed by atoms with Crippen LogP contribution in [0, 0.1) is 10.1 Å². The van der Waals surface area contributed by atoms with Gasteiger partial charge in [0.05, 0.1) is 28.8 Å². The van der Waals surface area contributed by atoms with Gasteiger partial charge in [-0.25, -0.2) is 9.97 Å². The van der Waals surface area contributed by atoms with E-state index >= 15 is 0 Å². The van der Waals surface area contributed by atoms with Gasteiger partial charge in [-0.15, -0.1) is 0 Å². The Kier molecular flexibility index (Phi) is 5.26. The second kappa shape index (κ2) is 8.37. The Labute approximate surface area is 184 Å². The Morgan fingerprint density at radius 3 is 2.81 bits per heavy atom. The van der Waals surface area contributed by atoms with Crippen LogP contribution in [-0.2, 0) is 11.8 Å². The van der Waals surface area contributed by atoms with Crippen LogP contribution in [0.4, 0.5) is 17.3 Å². The van der Waals surface area contributed by atoms with Crippen LogP contribution in [0.15, 0.2) is 60.9 Å². The molecule has 0 radical (unpaired) electrons. The number of benzene rings is 2. The summed E-state index contributed by atoms with van der Waals surface area (Å²) in [5, 5.41) is 18.6. The molecule has 9 nitrogen and oxygen atoms in total. The lowest BCUT2D eigenvalue weighted by molar-refractivity contribution is -0.384. The summed E-state index contributed by atoms with van der Waals surface area (Å²) < 4.78 is 7.67. The van der Waals surface area contributed by atoms with Gasteiger partial charge in [0.25, 0.3) is 5.69 Å². The van der Waals surface area contributed by atoms with E-state index in [0.717, 1.165) is 46.5 Å². The fourth-order valence-corrected chi connectivity index (χ4v) is 3.95. The van der Waals surface area contributed by atoms with Gasteiger partial charge in [-0.1, -0.05) is 12.1 Å². The third-order valence-corrected chi connectivity index (χ3v) is 5.58. The van der Waals surface area contributed by atoms with E-state index in [-0.39, 0.29) is 16.7 Å². The maximum absolute atomic E-state index is 11.1. The minimum Gasteiger partial charge on any atom is -0.371 e. The summed E-state index contributed by atoms with van der Waals surface area (Å²) >= 11 is 0. The Morgan fingerprint density at radius 1 is 1.22 bits per heavy atom. The average Bonchev–Trinajstić information content (AvgIpc) is 3.16. The summed E-state index contributed by atoms with van der Waals surface area (Å²) in [4.78, 5) is 19.7. The molecule has 3 heterocycles. The predicted octanol–water partition coefficient (Wildman–Crippen LogP) is 3.95. The maximum atomic E-state index is 11.1. The van der Waals surface area contributed by atoms with Crippen LogP contribution in [0.3, 0.4) is 0 Å². The maximum Gasteiger partial charge on any atom is 0.271 e. The number of rotatable bonds is 5. The molecule has 0 bridgehead atoms. The summed E-state index contributed by atoms with van der Waals surface area (Å²) in [6.07, 6.45) is 3.69. The number of anilines is 2. The molecule has 1 unspecified atom stereocenters. The van der Waals surface area contributed by atoms with Crippen LogP contribution in [0.2, 0.25) is 0 Å². The lowest BCUT2D eigenvalue weighted by Gasteiger charge is -2.24. The van der Waals surface area contributed by atoms with Gasteiger partial charge in [0.2, 0.25) is 5.95 Å². The number of non-ortho nitro benzene ring substituents is 1. The number of aromatic nitrogens is 3. The molecule has 1 fully saturated rings. The van der Waals surface area contributed by atoms with Crippen molar-refractivity contribution in [2.24, 2.45) is 7.05 Å². The lowest BCUT2D eigenvalue weighted by atomic mass is 10.1. The van der Waals surface area contributed by atoms with E-state index in [1.165, 1.54) is 6.07 Å². The Balaban J connectivity index is 1.40. The fraction of sp³-hybridized carbons (Fsp3) is 0.217. The van der Waals surface area contributed by atoms with Crippen molar-refractivity contribution in [3.8, 4) is 11.3 Å². The zero-order valence-corrected chi connectivity index (χ0v) is 17.5. The molecule has 9 heteroatoms. The second-order valence-electron chi connectivity index (χ2n) is 7.69. The number of nitrogens with one attached hydrogen (secondary N) is 2. The number of nitro groups is 1. The van der Waals surface area contributed by atoms with Gasteiger partial charge < -0.3 is 19.9 Å². The number of hydrogen-bond acceptors (Lipinski definition) is 7. The molecule has 4 aromatic rings. The van der Waals surface area contributed by atoms with Crippen molar-refractivity contribution < 1.29 is 9.66 Å². The van der Waals surface area contributed by atoms with E-state index < -0.39 is 0 Å². The van der Waals surface area contributed by atoms with Crippen molar-refractivity contribution >= 4 is 28.2 Å². The van der Waals surface area contributed by atoms with Gasteiger partial charge in [0.1, 0.15) is 0 Å². The molecule has 2 N–H and O–H groups in total. The van der Waals surface area contributed by atoms with Gasteiger partial charge >= 0.3 is 0 Å². The first-order chi connectivity index (χ1) is 15.6. The van der Waals surface area contributed by atoms with Gasteiger partial charge in [0, 0.05) is 61.3 Å². The molecule has 1 aliphatic heterocycles. The standard InChI is InChI=1S/C23H22N6O3/c1-28-14-19(18-7-6-17(29(30)31)12-21(18)28)20-8-9-25-23(27-20)26-16-4-2-15(3-5-16)22-13-24-10-11-32-22/h2-9,12,14,22,24H,10-11,13H2,1H3,(H,25,26,27). The van der Waals surface area contributed by atoms with Gasteiger partial charge in [-0.05, 0) is 29.8 Å². The first kappa shape index (κ1) is 20.1. The molecule has 162 valence electrons. The average molecular weight is 430 g/mol. The summed E-state index contributed by atoms with van der Waals surface area (Å²) in [5.74, 6) is 0.477. The minimum absolute atomic E-state index is 0.0631. The highest BCUT2D eigenvalue weighted by molar-refractivity contribution is 5.96. The quantitative estimate of drug-likeness (QED) is 0.365. The number of nitro benzene ring substituents is 1. The normalized spacial score (nSPS) is 16.2. The molecule has 0 amide bonds. The smallest absolute Gasteiger partial charge is 0.271 e. The monoisotopic (exact) mass is 430 g/mol. The van der Waals surface area contributed by atoms with E-state index in [2.05, 4.69) is 20.6 Å². The van der Waals surface area contributed by atoms with Crippen LogP contribution >= 0.6 is 0 Å². The van der Waals surface area contributed by atoms with E-state index in [9.17, 15) is 10.1 Å². The summed E-state index contributed by atoms with van der Waals surface area (Å²) in [7, 11) is 1.86. The zero-order chi connectivity index (χ0) is 22.1. The van der Waals surface area contributed by atoms with Crippen LogP contribution in [0.5, 0.6) is 0 Å². The Hall–Kier alpha value is -3.82. The number of fused-ring (bicyclic) bond motifs is 1. The SMILES string of the molecule is Cn1cc(-c2ccnc(Nc3ccc(C4CNCCO4)cc3)n2)c2ccc([N+](=O)[O-])cc21. The highest BCUT2D eigenvalue weighted by Crippen LogP contribution is 2.32. The van der Waals surface area contributed by atoms with Crippen molar-refractivity contribution in [2.75, 3.05) is 25.0 Å². The Bertz CT molecular complexity index is 1280. The van der Waals surface area contributed by atoms with Crippen LogP contribution in [0.1, 0.15) is 11.7 Å². The number of morpholine rings is 1. The van der Waals surface area contributed by atoms with Crippen molar-refractivity contribution in [1.29, 1.82) is 0 Å². The number of ether oxygens (including phenoxy) is 1. The lowest BCUT2D eigenvalue weighted by Crippen LogP contribution is -2.33. The highest BCUT2D eigenvalue weighted by Gasteiger charge is 2.16. The number of nitrogens with zero attached hydrogens (tertiary/aromatic N) is 4. The first-order valence-corrected chi connectivity index (χ1v) is 10.3. The molecule has 1 saturated heterocycles. The van der Waals surface area contributed by atoms with Gasteiger partial charge in [-0.2, -0.15) is 0 Å². The Morgan fingerprint density at radius 2 is 2.06 bits per heavy atom. The van der Waals surface area contributed by atoms with Gasteiger partial charge in [-0.3, -0.25) is 10.1 Å². The van der Waals surface area contributed by atoms with Gasteiger partial charge in [0.15, 0.2) is 0 Å². The zero-order valence-electron chi connectivity index (χ0n) is 17.5. The third-order valence-electron chi connectivity index (χ3n) is 5.58. The van der Waals surface area contributed by atoms with E-state index in [4.69, 9.17) is 4.74 Å². The van der Waals surface area contributed by atoms with E-state index in [0.29, 0.717) is 12.6 Å². The first-order valence-electron chi connectivity index (χ1n) is 10.3. The molecule has 0 saturated carbocycles. The van der Waals surface area contributed by atoms with Crippen molar-refractivity contribution in [3.05, 3.63) is 76.6 Å². The van der Waals surface area contributed by atoms with Crippen LogP contribution in [0.25, 0.3) is 22.2 Å². The van der Waals surface area contributed by atoms with Crippen molar-refractivity contribution in [1.82, 2.24) is 19.9 Å². The second-order valence-corrected chi connectivity index (χ2v) is 7.69. The topological polar surface area (TPSA) is 107 Å². The molecule has 0 aliphatic carbocycles. The van der Waals surface area contributed by atoms with Crippen molar-refractivity contribution in [2.45, 2.75) is 6.10 Å². The molecule has 32 heavy (non-hydrogen) atoms. The fourth-order valence-electron chi connectivity index (χ4n) is 3.95. The molecular formula is C23H22N6O3. The molecule has 1 aliphatic rings. The highest BCUT2D eigenvalue weighted by atomic mass is 16.6. The number of aryl methyl sites for hydroxylation is 1. The molecule has 0 spiro atoms. The van der Waals surface area contributed by atoms with E-state index in [1.54, 1.807) is 18.3 Å².